The zero-order chi connectivity index (χ0) is 16.1. The molecule has 2 unspecified atom stereocenters. The van der Waals surface area contributed by atoms with Crippen molar-refractivity contribution in [2.45, 2.75) is 46.3 Å². The second-order valence-electron chi connectivity index (χ2n) is 5.47. The molecule has 0 saturated carbocycles. The molecule has 4 nitrogen and oxygen atoms in total. The Balaban J connectivity index is 1.95. The fourth-order valence-corrected chi connectivity index (χ4v) is 2.90. The molecule has 1 aromatic heterocycles. The number of nitrogens with zero attached hydrogens (tertiary/aromatic N) is 2. The average molecular weight is 316 g/mol. The number of benzene rings is 1. The summed E-state index contributed by atoms with van der Waals surface area (Å²) in [6, 6.07) is 10.6. The Morgan fingerprint density at radius 2 is 1.82 bits per heavy atom. The highest BCUT2D eigenvalue weighted by molar-refractivity contribution is 7.80. The molecule has 0 saturated heterocycles. The van der Waals surface area contributed by atoms with E-state index in [0.29, 0.717) is 5.11 Å². The summed E-state index contributed by atoms with van der Waals surface area (Å²) in [6.45, 7) is 9.27. The number of hydrogen-bond acceptors (Lipinski definition) is 2. The van der Waals surface area contributed by atoms with E-state index in [9.17, 15) is 0 Å². The molecule has 0 bridgehead atoms. The van der Waals surface area contributed by atoms with Crippen LogP contribution >= 0.6 is 12.2 Å². The first-order valence-electron chi connectivity index (χ1n) is 7.67. The van der Waals surface area contributed by atoms with Gasteiger partial charge in [-0.1, -0.05) is 30.3 Å². The lowest BCUT2D eigenvalue weighted by Gasteiger charge is -2.21. The lowest BCUT2D eigenvalue weighted by molar-refractivity contribution is 0.627. The van der Waals surface area contributed by atoms with Crippen LogP contribution < -0.4 is 10.6 Å². The van der Waals surface area contributed by atoms with Crippen LogP contribution in [-0.2, 0) is 6.54 Å². The number of aromatic nitrogens is 2. The minimum atomic E-state index is 0.128. The second kappa shape index (κ2) is 7.40. The molecule has 1 heterocycles. The normalized spacial score (nSPS) is 13.5. The van der Waals surface area contributed by atoms with E-state index in [4.69, 9.17) is 12.2 Å². The van der Waals surface area contributed by atoms with Crippen LogP contribution in [0.2, 0.25) is 0 Å². The van der Waals surface area contributed by atoms with Crippen molar-refractivity contribution in [2.75, 3.05) is 0 Å². The van der Waals surface area contributed by atoms with Gasteiger partial charge in [0.05, 0.1) is 18.3 Å². The van der Waals surface area contributed by atoms with Crippen molar-refractivity contribution in [1.82, 2.24) is 20.4 Å². The molecule has 0 amide bonds. The number of nitrogens with one attached hydrogen (secondary N) is 2. The summed E-state index contributed by atoms with van der Waals surface area (Å²) >= 11 is 5.44. The highest BCUT2D eigenvalue weighted by Gasteiger charge is 2.14. The highest BCUT2D eigenvalue weighted by Crippen LogP contribution is 2.17. The zero-order valence-electron chi connectivity index (χ0n) is 13.6. The summed E-state index contributed by atoms with van der Waals surface area (Å²) < 4.78 is 2.00. The summed E-state index contributed by atoms with van der Waals surface area (Å²) in [5.74, 6) is 0. The Hall–Kier alpha value is -1.88. The van der Waals surface area contributed by atoms with Crippen molar-refractivity contribution in [1.29, 1.82) is 0 Å². The first-order valence-corrected chi connectivity index (χ1v) is 8.08. The van der Waals surface area contributed by atoms with Crippen molar-refractivity contribution < 1.29 is 0 Å². The van der Waals surface area contributed by atoms with E-state index >= 15 is 0 Å². The van der Waals surface area contributed by atoms with Crippen molar-refractivity contribution in [3.05, 3.63) is 53.3 Å². The molecule has 0 spiro atoms. The molecular formula is C17H24N4S. The van der Waals surface area contributed by atoms with E-state index < -0.39 is 0 Å². The standard InChI is InChI=1S/C17H24N4S/c1-5-21-14(4)16(11-18-21)13(3)20-17(22)19-12(2)15-9-7-6-8-10-15/h6-13H,5H2,1-4H3,(H2,19,20,22). The zero-order valence-corrected chi connectivity index (χ0v) is 14.4. The van der Waals surface area contributed by atoms with Crippen LogP contribution in [0.25, 0.3) is 0 Å². The largest absolute Gasteiger partial charge is 0.356 e. The number of hydrogen-bond donors (Lipinski definition) is 2. The molecule has 0 aliphatic heterocycles. The number of aryl methyl sites for hydroxylation is 1. The molecule has 0 fully saturated rings. The monoisotopic (exact) mass is 316 g/mol. The Morgan fingerprint density at radius 3 is 2.41 bits per heavy atom. The molecule has 5 heteroatoms. The van der Waals surface area contributed by atoms with E-state index in [1.165, 1.54) is 16.8 Å². The molecule has 2 N–H and O–H groups in total. The average Bonchev–Trinajstić information content (AvgIpc) is 2.88. The number of thiocarbonyl (C=S) groups is 1. The third kappa shape index (κ3) is 3.85. The smallest absolute Gasteiger partial charge is 0.167 e. The fourth-order valence-electron chi connectivity index (χ4n) is 2.54. The third-order valence-electron chi connectivity index (χ3n) is 3.90. The Kier molecular flexibility index (Phi) is 5.55. The third-order valence-corrected chi connectivity index (χ3v) is 4.14. The van der Waals surface area contributed by atoms with Crippen LogP contribution in [0.3, 0.4) is 0 Å². The quantitative estimate of drug-likeness (QED) is 0.829. The van der Waals surface area contributed by atoms with Crippen molar-refractivity contribution in [3.8, 4) is 0 Å². The lowest BCUT2D eigenvalue weighted by Crippen LogP contribution is -2.38. The Morgan fingerprint density at radius 1 is 1.18 bits per heavy atom. The van der Waals surface area contributed by atoms with Gasteiger partial charge in [-0.15, -0.1) is 0 Å². The van der Waals surface area contributed by atoms with Crippen molar-refractivity contribution in [3.63, 3.8) is 0 Å². The maximum absolute atomic E-state index is 5.44. The van der Waals surface area contributed by atoms with Crippen LogP contribution in [0.1, 0.15) is 49.7 Å². The molecule has 1 aromatic carbocycles. The van der Waals surface area contributed by atoms with E-state index in [1.807, 2.05) is 29.1 Å². The van der Waals surface area contributed by atoms with Gasteiger partial charge in [-0.05, 0) is 45.5 Å². The predicted octanol–water partition coefficient (Wildman–Crippen LogP) is 3.50. The maximum atomic E-state index is 5.44. The maximum Gasteiger partial charge on any atom is 0.167 e. The molecular weight excluding hydrogens is 292 g/mol. The van der Waals surface area contributed by atoms with Crippen molar-refractivity contribution in [2.24, 2.45) is 0 Å². The first kappa shape index (κ1) is 16.5. The SMILES string of the molecule is CCn1ncc(C(C)NC(=S)NC(C)c2ccccc2)c1C. The fraction of sp³-hybridized carbons (Fsp3) is 0.412. The van der Waals surface area contributed by atoms with Crippen LogP contribution in [0.15, 0.2) is 36.5 Å². The topological polar surface area (TPSA) is 41.9 Å². The summed E-state index contributed by atoms with van der Waals surface area (Å²) in [4.78, 5) is 0. The minimum absolute atomic E-state index is 0.128. The van der Waals surface area contributed by atoms with Gasteiger partial charge < -0.3 is 10.6 Å². The first-order chi connectivity index (χ1) is 10.5. The van der Waals surface area contributed by atoms with Crippen LogP contribution in [0.4, 0.5) is 0 Å². The minimum Gasteiger partial charge on any atom is -0.356 e. The molecule has 118 valence electrons. The van der Waals surface area contributed by atoms with Gasteiger partial charge in [0.25, 0.3) is 0 Å². The second-order valence-corrected chi connectivity index (χ2v) is 5.88. The van der Waals surface area contributed by atoms with Crippen LogP contribution in [-0.4, -0.2) is 14.9 Å². The van der Waals surface area contributed by atoms with E-state index in [1.54, 1.807) is 0 Å². The van der Waals surface area contributed by atoms with Crippen LogP contribution in [0, 0.1) is 6.92 Å². The van der Waals surface area contributed by atoms with E-state index in [-0.39, 0.29) is 12.1 Å². The van der Waals surface area contributed by atoms with Gasteiger partial charge in [-0.2, -0.15) is 5.10 Å². The van der Waals surface area contributed by atoms with E-state index in [2.05, 4.69) is 55.6 Å². The molecule has 22 heavy (non-hydrogen) atoms. The summed E-state index contributed by atoms with van der Waals surface area (Å²) in [5.41, 5.74) is 3.58. The van der Waals surface area contributed by atoms with Gasteiger partial charge >= 0.3 is 0 Å². The van der Waals surface area contributed by atoms with Gasteiger partial charge in [0.15, 0.2) is 5.11 Å². The van der Waals surface area contributed by atoms with Gasteiger partial charge in [-0.25, -0.2) is 0 Å². The highest BCUT2D eigenvalue weighted by atomic mass is 32.1. The van der Waals surface area contributed by atoms with E-state index in [0.717, 1.165) is 6.54 Å². The lowest BCUT2D eigenvalue weighted by atomic mass is 10.1. The van der Waals surface area contributed by atoms with Gasteiger partial charge in [-0.3, -0.25) is 4.68 Å². The van der Waals surface area contributed by atoms with Gasteiger partial charge in [0.1, 0.15) is 0 Å². The molecule has 2 aromatic rings. The molecule has 0 aliphatic rings. The van der Waals surface area contributed by atoms with Gasteiger partial charge in [0.2, 0.25) is 0 Å². The van der Waals surface area contributed by atoms with Gasteiger partial charge in [0, 0.05) is 17.8 Å². The summed E-state index contributed by atoms with van der Waals surface area (Å²) in [7, 11) is 0. The Labute approximate surface area is 137 Å². The summed E-state index contributed by atoms with van der Waals surface area (Å²) in [6.07, 6.45) is 1.92. The molecule has 0 aliphatic carbocycles. The number of rotatable bonds is 5. The predicted molar refractivity (Wildman–Crippen MR) is 94.8 cm³/mol. The molecule has 2 rings (SSSR count). The van der Waals surface area contributed by atoms with Crippen molar-refractivity contribution >= 4 is 17.3 Å². The molecule has 2 atom stereocenters. The Bertz CT molecular complexity index is 621. The molecule has 0 radical (unpaired) electrons. The summed E-state index contributed by atoms with van der Waals surface area (Å²) in [5, 5.41) is 11.7. The van der Waals surface area contributed by atoms with Crippen LogP contribution in [0.5, 0.6) is 0 Å².